The van der Waals surface area contributed by atoms with E-state index in [1.807, 2.05) is 50.1 Å². The third kappa shape index (κ3) is 3.19. The van der Waals surface area contributed by atoms with E-state index in [0.717, 1.165) is 27.7 Å². The second kappa shape index (κ2) is 6.37. The summed E-state index contributed by atoms with van der Waals surface area (Å²) in [5, 5.41) is 1.59. The van der Waals surface area contributed by atoms with E-state index < -0.39 is 0 Å². The summed E-state index contributed by atoms with van der Waals surface area (Å²) < 4.78 is 0. The zero-order valence-corrected chi connectivity index (χ0v) is 13.3. The van der Waals surface area contributed by atoms with E-state index in [4.69, 9.17) is 11.6 Å². The minimum Gasteiger partial charge on any atom is -0.347 e. The first-order valence-corrected chi connectivity index (χ1v) is 7.62. The van der Waals surface area contributed by atoms with Gasteiger partial charge >= 0.3 is 0 Å². The van der Waals surface area contributed by atoms with Crippen LogP contribution in [0.2, 0.25) is 5.02 Å². The van der Waals surface area contributed by atoms with Gasteiger partial charge in [-0.1, -0.05) is 55.0 Å². The minimum absolute atomic E-state index is 0.244. The zero-order chi connectivity index (χ0) is 14.7. The van der Waals surface area contributed by atoms with Crippen LogP contribution in [0.1, 0.15) is 40.7 Å². The Morgan fingerprint density at radius 1 is 1.40 bits per heavy atom. The highest BCUT2D eigenvalue weighted by Crippen LogP contribution is 2.30. The van der Waals surface area contributed by atoms with Crippen molar-refractivity contribution in [2.45, 2.75) is 26.3 Å². The fraction of sp³-hybridized carbons (Fsp3) is 0.333. The molecule has 106 valence electrons. The highest BCUT2D eigenvalue weighted by atomic mass is 35.5. The molecule has 0 aliphatic rings. The van der Waals surface area contributed by atoms with Crippen LogP contribution in [0, 0.1) is 0 Å². The Morgan fingerprint density at radius 3 is 2.65 bits per heavy atom. The van der Waals surface area contributed by atoms with Crippen molar-refractivity contribution in [3.05, 3.63) is 45.4 Å². The van der Waals surface area contributed by atoms with E-state index in [-0.39, 0.29) is 5.92 Å². The van der Waals surface area contributed by atoms with Crippen molar-refractivity contribution >= 4 is 34.4 Å². The molecule has 0 unspecified atom stereocenters. The summed E-state index contributed by atoms with van der Waals surface area (Å²) in [5.41, 5.74) is 1.91. The van der Waals surface area contributed by atoms with Gasteiger partial charge in [0.25, 0.3) is 0 Å². The lowest BCUT2D eigenvalue weighted by atomic mass is 10.1. The number of benzene rings is 1. The second-order valence-corrected chi connectivity index (χ2v) is 6.38. The number of nitrogens with zero attached hydrogens (tertiary/aromatic N) is 2. The molecule has 0 fully saturated rings. The van der Waals surface area contributed by atoms with Gasteiger partial charge in [-0.25, -0.2) is 4.98 Å². The van der Waals surface area contributed by atoms with Crippen molar-refractivity contribution in [3.63, 3.8) is 0 Å². The molecule has 20 heavy (non-hydrogen) atoms. The molecule has 1 aromatic carbocycles. The maximum absolute atomic E-state index is 11.1. The molecule has 0 atom stereocenters. The number of halogens is 1. The summed E-state index contributed by atoms with van der Waals surface area (Å²) in [6.45, 7) is 4.75. The van der Waals surface area contributed by atoms with Gasteiger partial charge in [-0.05, 0) is 17.5 Å². The molecule has 0 amide bonds. The van der Waals surface area contributed by atoms with Crippen LogP contribution < -0.4 is 4.90 Å². The second-order valence-electron chi connectivity index (χ2n) is 4.97. The van der Waals surface area contributed by atoms with Crippen LogP contribution in [0.4, 0.5) is 5.13 Å². The van der Waals surface area contributed by atoms with Crippen molar-refractivity contribution in [1.29, 1.82) is 0 Å². The molecular weight excluding hydrogens is 292 g/mol. The maximum Gasteiger partial charge on any atom is 0.186 e. The summed E-state index contributed by atoms with van der Waals surface area (Å²) in [6.07, 6.45) is 0.889. The summed E-state index contributed by atoms with van der Waals surface area (Å²) in [6, 6.07) is 7.75. The summed E-state index contributed by atoms with van der Waals surface area (Å²) in [4.78, 5) is 18.4. The molecule has 0 N–H and O–H groups in total. The third-order valence-electron chi connectivity index (χ3n) is 3.02. The topological polar surface area (TPSA) is 33.2 Å². The quantitative estimate of drug-likeness (QED) is 0.769. The number of thiazole rings is 1. The molecule has 0 radical (unpaired) electrons. The van der Waals surface area contributed by atoms with Crippen molar-refractivity contribution in [2.24, 2.45) is 0 Å². The number of anilines is 1. The molecule has 1 aromatic heterocycles. The Bertz CT molecular complexity index is 610. The number of rotatable bonds is 5. The molecule has 2 rings (SSSR count). The van der Waals surface area contributed by atoms with E-state index in [2.05, 4.69) is 4.98 Å². The van der Waals surface area contributed by atoms with Crippen LogP contribution in [0.25, 0.3) is 0 Å². The van der Waals surface area contributed by atoms with Crippen LogP contribution in [0.3, 0.4) is 0 Å². The molecule has 0 aliphatic heterocycles. The van der Waals surface area contributed by atoms with Crippen molar-refractivity contribution in [3.8, 4) is 0 Å². The Labute approximate surface area is 128 Å². The predicted molar refractivity (Wildman–Crippen MR) is 85.1 cm³/mol. The lowest BCUT2D eigenvalue weighted by Crippen LogP contribution is -2.16. The van der Waals surface area contributed by atoms with Gasteiger partial charge in [0.1, 0.15) is 0 Å². The van der Waals surface area contributed by atoms with E-state index in [1.165, 1.54) is 11.3 Å². The summed E-state index contributed by atoms with van der Waals surface area (Å²) in [5.74, 6) is 0.244. The Kier molecular flexibility index (Phi) is 4.78. The number of aldehydes is 1. The van der Waals surface area contributed by atoms with Gasteiger partial charge in [0.2, 0.25) is 0 Å². The fourth-order valence-electron chi connectivity index (χ4n) is 1.94. The van der Waals surface area contributed by atoms with Gasteiger partial charge in [0.15, 0.2) is 11.4 Å². The fourth-order valence-corrected chi connectivity index (χ4v) is 3.13. The van der Waals surface area contributed by atoms with Crippen LogP contribution in [0.15, 0.2) is 24.3 Å². The molecule has 2 aromatic rings. The lowest BCUT2D eigenvalue weighted by molar-refractivity contribution is 0.112. The minimum atomic E-state index is 0.244. The van der Waals surface area contributed by atoms with Crippen LogP contribution >= 0.6 is 22.9 Å². The molecule has 1 heterocycles. The number of carbonyl (C=O) groups is 1. The van der Waals surface area contributed by atoms with Crippen LogP contribution in [0.5, 0.6) is 0 Å². The van der Waals surface area contributed by atoms with E-state index in [9.17, 15) is 4.79 Å². The monoisotopic (exact) mass is 308 g/mol. The summed E-state index contributed by atoms with van der Waals surface area (Å²) >= 11 is 7.59. The normalized spacial score (nSPS) is 10.8. The maximum atomic E-state index is 11.1. The molecule has 3 nitrogen and oxygen atoms in total. The third-order valence-corrected chi connectivity index (χ3v) is 4.50. The highest BCUT2D eigenvalue weighted by Gasteiger charge is 2.16. The van der Waals surface area contributed by atoms with E-state index in [0.29, 0.717) is 11.4 Å². The molecule has 0 bridgehead atoms. The SMILES string of the molecule is CC(C)c1nc(N(C)Cc2ccccc2Cl)sc1C=O. The van der Waals surface area contributed by atoms with Gasteiger partial charge in [0, 0.05) is 18.6 Å². The predicted octanol–water partition coefficient (Wildman–Crippen LogP) is 4.37. The highest BCUT2D eigenvalue weighted by molar-refractivity contribution is 7.17. The zero-order valence-electron chi connectivity index (χ0n) is 11.8. The first kappa shape index (κ1) is 15.0. The molecule has 0 saturated carbocycles. The van der Waals surface area contributed by atoms with Gasteiger partial charge in [-0.15, -0.1) is 0 Å². The van der Waals surface area contributed by atoms with Crippen molar-refractivity contribution < 1.29 is 4.79 Å². The Morgan fingerprint density at radius 2 is 2.10 bits per heavy atom. The van der Waals surface area contributed by atoms with Crippen molar-refractivity contribution in [1.82, 2.24) is 4.98 Å². The number of hydrogen-bond donors (Lipinski definition) is 0. The molecule has 0 aliphatic carbocycles. The van der Waals surface area contributed by atoms with E-state index >= 15 is 0 Å². The van der Waals surface area contributed by atoms with Crippen molar-refractivity contribution in [2.75, 3.05) is 11.9 Å². The van der Waals surface area contributed by atoms with Gasteiger partial charge in [0.05, 0.1) is 10.6 Å². The smallest absolute Gasteiger partial charge is 0.186 e. The standard InChI is InChI=1S/C15H17ClN2OS/c1-10(2)14-13(9-19)20-15(17-14)18(3)8-11-6-4-5-7-12(11)16/h4-7,9-10H,8H2,1-3H3. The molecule has 5 heteroatoms. The number of carbonyl (C=O) groups excluding carboxylic acids is 1. The lowest BCUT2D eigenvalue weighted by Gasteiger charge is -2.16. The van der Waals surface area contributed by atoms with Crippen LogP contribution in [-0.4, -0.2) is 18.3 Å². The number of aromatic nitrogens is 1. The first-order valence-electron chi connectivity index (χ1n) is 6.43. The first-order chi connectivity index (χ1) is 9.52. The van der Waals surface area contributed by atoms with Gasteiger partial charge in [-0.2, -0.15) is 0 Å². The molecule has 0 spiro atoms. The largest absolute Gasteiger partial charge is 0.347 e. The molecular formula is C15H17ClN2OS. The Balaban J connectivity index is 2.23. The molecule has 0 saturated heterocycles. The number of hydrogen-bond acceptors (Lipinski definition) is 4. The average Bonchev–Trinajstić information content (AvgIpc) is 2.86. The van der Waals surface area contributed by atoms with Crippen LogP contribution in [-0.2, 0) is 6.54 Å². The van der Waals surface area contributed by atoms with Gasteiger partial charge < -0.3 is 4.90 Å². The van der Waals surface area contributed by atoms with Gasteiger partial charge in [-0.3, -0.25) is 4.79 Å². The Hall–Kier alpha value is -1.39. The average molecular weight is 309 g/mol. The van der Waals surface area contributed by atoms with E-state index in [1.54, 1.807) is 0 Å². The summed E-state index contributed by atoms with van der Waals surface area (Å²) in [7, 11) is 1.96.